The number of aromatic nitrogens is 2. The maximum atomic E-state index is 13.2. The fourth-order valence-electron chi connectivity index (χ4n) is 5.20. The molecule has 0 saturated carbocycles. The molecule has 12 heteroatoms. The molecule has 3 N–H and O–H groups in total. The number of methoxy groups -OCH3 is 2. The van der Waals surface area contributed by atoms with Crippen LogP contribution >= 0.6 is 23.1 Å². The minimum atomic E-state index is -0.514. The van der Waals surface area contributed by atoms with Crippen LogP contribution in [-0.2, 0) is 16.0 Å². The van der Waals surface area contributed by atoms with Gasteiger partial charge in [-0.1, -0.05) is 59.5 Å². The van der Waals surface area contributed by atoms with Crippen molar-refractivity contribution in [3.8, 4) is 17.6 Å². The first-order valence-electron chi connectivity index (χ1n) is 13.4. The number of hydrogen-bond acceptors (Lipinski definition) is 11. The van der Waals surface area contributed by atoms with Crippen molar-refractivity contribution in [2.24, 2.45) is 5.73 Å². The number of nitrogens with two attached hydrogens (primary N) is 1. The predicted octanol–water partition coefficient (Wildman–Crippen LogP) is 4.31. The van der Waals surface area contributed by atoms with E-state index in [-0.39, 0.29) is 23.3 Å². The molecule has 2 heterocycles. The zero-order valence-electron chi connectivity index (χ0n) is 23.3. The largest absolute Gasteiger partial charge is 0.493 e. The fourth-order valence-corrected chi connectivity index (χ4v) is 6.91. The predicted molar refractivity (Wildman–Crippen MR) is 161 cm³/mol. The molecule has 216 valence electrons. The monoisotopic (exact) mass is 602 g/mol. The molecule has 2 aliphatic rings. The van der Waals surface area contributed by atoms with Gasteiger partial charge in [-0.15, -0.1) is 10.2 Å². The number of nitrogens with zero attached hydrogens (tertiary/aromatic N) is 4. The normalized spacial score (nSPS) is 16.6. The van der Waals surface area contributed by atoms with Crippen LogP contribution in [0, 0.1) is 11.3 Å². The molecule has 3 aromatic rings. The molecular formula is C30H30N6O4S2. The maximum absolute atomic E-state index is 13.2. The number of anilines is 1. The molecule has 0 radical (unpaired) electrons. The second-order valence-electron chi connectivity index (χ2n) is 9.66. The number of benzene rings is 2. The van der Waals surface area contributed by atoms with Gasteiger partial charge in [-0.3, -0.25) is 14.5 Å². The van der Waals surface area contributed by atoms with E-state index >= 15 is 0 Å². The number of carbonyl (C=O) groups is 2. The Morgan fingerprint density at radius 3 is 2.69 bits per heavy atom. The Kier molecular flexibility index (Phi) is 9.09. The quantitative estimate of drug-likeness (QED) is 0.322. The van der Waals surface area contributed by atoms with Gasteiger partial charge in [0.25, 0.3) is 0 Å². The van der Waals surface area contributed by atoms with Crippen LogP contribution in [0.2, 0.25) is 0 Å². The van der Waals surface area contributed by atoms with E-state index in [0.29, 0.717) is 64.3 Å². The lowest BCUT2D eigenvalue weighted by Gasteiger charge is -2.38. The van der Waals surface area contributed by atoms with E-state index in [1.54, 1.807) is 19.1 Å². The number of thioether (sulfide) groups is 1. The van der Waals surface area contributed by atoms with E-state index in [9.17, 15) is 14.9 Å². The van der Waals surface area contributed by atoms with Crippen LogP contribution in [0.25, 0.3) is 0 Å². The van der Waals surface area contributed by atoms with Crippen molar-refractivity contribution in [1.82, 2.24) is 15.5 Å². The van der Waals surface area contributed by atoms with Crippen molar-refractivity contribution in [2.75, 3.05) is 31.4 Å². The van der Waals surface area contributed by atoms with Crippen molar-refractivity contribution in [1.29, 1.82) is 5.26 Å². The molecule has 5 rings (SSSR count). The summed E-state index contributed by atoms with van der Waals surface area (Å²) in [4.78, 5) is 27.5. The van der Waals surface area contributed by atoms with E-state index in [0.717, 1.165) is 16.8 Å². The Hall–Kier alpha value is -4.34. The molecule has 1 aliphatic heterocycles. The lowest BCUT2D eigenvalue weighted by molar-refractivity contribution is -0.118. The van der Waals surface area contributed by atoms with Crippen LogP contribution in [0.1, 0.15) is 36.3 Å². The third kappa shape index (κ3) is 5.98. The first kappa shape index (κ1) is 29.2. The molecule has 1 aliphatic carbocycles. The van der Waals surface area contributed by atoms with Crippen LogP contribution < -0.4 is 25.4 Å². The van der Waals surface area contributed by atoms with Crippen LogP contribution in [0.5, 0.6) is 11.5 Å². The third-order valence-corrected chi connectivity index (χ3v) is 9.19. The minimum absolute atomic E-state index is 0.0132. The van der Waals surface area contributed by atoms with E-state index < -0.39 is 5.92 Å². The standard InChI is InChI=1S/C30H30N6O4S2/c1-39-23-12-11-18(15-24(23)40-2)13-14-33-25(38)17-41-30-35-34-29(42-30)36-21-9-6-10-22(37)27(21)26(20(16-31)28(36)32)19-7-4-3-5-8-19/h3-5,7-8,11-12,15,26H,6,9-10,13-14,17,32H2,1-2H3,(H,33,38). The van der Waals surface area contributed by atoms with Crippen molar-refractivity contribution in [3.05, 3.63) is 82.3 Å². The lowest BCUT2D eigenvalue weighted by atomic mass is 9.76. The summed E-state index contributed by atoms with van der Waals surface area (Å²) in [6, 6.07) is 17.4. The summed E-state index contributed by atoms with van der Waals surface area (Å²) in [6.07, 6.45) is 2.39. The molecule has 42 heavy (non-hydrogen) atoms. The van der Waals surface area contributed by atoms with Gasteiger partial charge in [0.05, 0.1) is 37.5 Å². The minimum Gasteiger partial charge on any atom is -0.493 e. The van der Waals surface area contributed by atoms with E-state index in [1.165, 1.54) is 23.1 Å². The average molecular weight is 603 g/mol. The molecule has 1 atom stereocenters. The third-order valence-electron chi connectivity index (χ3n) is 7.14. The van der Waals surface area contributed by atoms with E-state index in [2.05, 4.69) is 21.6 Å². The first-order valence-corrected chi connectivity index (χ1v) is 15.2. The van der Waals surface area contributed by atoms with Gasteiger partial charge < -0.3 is 20.5 Å². The van der Waals surface area contributed by atoms with Gasteiger partial charge in [-0.2, -0.15) is 5.26 Å². The van der Waals surface area contributed by atoms with Gasteiger partial charge >= 0.3 is 0 Å². The molecule has 2 aromatic carbocycles. The number of Topliss-reactive ketones (excluding diaryl/α,β-unsaturated/α-hetero) is 1. The number of amides is 1. The zero-order valence-corrected chi connectivity index (χ0v) is 24.9. The van der Waals surface area contributed by atoms with Crippen molar-refractivity contribution >= 4 is 39.9 Å². The first-order chi connectivity index (χ1) is 20.4. The van der Waals surface area contributed by atoms with Gasteiger partial charge in [0.1, 0.15) is 5.82 Å². The summed E-state index contributed by atoms with van der Waals surface area (Å²) in [7, 11) is 3.18. The molecule has 1 aromatic heterocycles. The van der Waals surface area contributed by atoms with Crippen molar-refractivity contribution in [3.63, 3.8) is 0 Å². The molecule has 1 unspecified atom stereocenters. The van der Waals surface area contributed by atoms with Crippen LogP contribution in [-0.4, -0.2) is 48.4 Å². The Bertz CT molecular complexity index is 1590. The number of ketones is 1. The van der Waals surface area contributed by atoms with E-state index in [1.807, 2.05) is 48.5 Å². The number of carbonyl (C=O) groups excluding carboxylic acids is 2. The molecule has 10 nitrogen and oxygen atoms in total. The zero-order chi connectivity index (χ0) is 29.6. The van der Waals surface area contributed by atoms with Gasteiger partial charge in [-0.25, -0.2) is 0 Å². The number of hydrogen-bond donors (Lipinski definition) is 2. The van der Waals surface area contributed by atoms with E-state index in [4.69, 9.17) is 15.2 Å². The molecular weight excluding hydrogens is 573 g/mol. The second-order valence-corrected chi connectivity index (χ2v) is 11.8. The number of ether oxygens (including phenoxy) is 2. The maximum Gasteiger partial charge on any atom is 0.230 e. The Morgan fingerprint density at radius 1 is 1.17 bits per heavy atom. The topological polar surface area (TPSA) is 143 Å². The van der Waals surface area contributed by atoms with Gasteiger partial charge in [-0.05, 0) is 42.5 Å². The van der Waals surface area contributed by atoms with Gasteiger partial charge in [0, 0.05) is 24.2 Å². The Balaban J connectivity index is 1.27. The Morgan fingerprint density at radius 2 is 1.95 bits per heavy atom. The molecule has 0 spiro atoms. The summed E-state index contributed by atoms with van der Waals surface area (Å²) in [5.74, 6) is 1.08. The number of allylic oxidation sites excluding steroid dienone is 3. The van der Waals surface area contributed by atoms with Gasteiger partial charge in [0.15, 0.2) is 21.6 Å². The molecule has 1 amide bonds. The molecule has 0 fully saturated rings. The average Bonchev–Trinajstić information content (AvgIpc) is 3.48. The number of rotatable bonds is 10. The lowest BCUT2D eigenvalue weighted by Crippen LogP contribution is -2.38. The van der Waals surface area contributed by atoms with Crippen LogP contribution in [0.4, 0.5) is 5.13 Å². The smallest absolute Gasteiger partial charge is 0.230 e. The summed E-state index contributed by atoms with van der Waals surface area (Å²) < 4.78 is 11.2. The SMILES string of the molecule is COc1ccc(CCNC(=O)CSc2nnc(N3C(N)=C(C#N)C(c4ccccc4)C4=C3CCCC4=O)s2)cc1OC. The highest BCUT2D eigenvalue weighted by atomic mass is 32.2. The Labute approximate surface area is 252 Å². The summed E-state index contributed by atoms with van der Waals surface area (Å²) >= 11 is 2.54. The van der Waals surface area contributed by atoms with Crippen LogP contribution in [0.15, 0.2) is 75.5 Å². The number of nitrogens with one attached hydrogen (secondary N) is 1. The second kappa shape index (κ2) is 13.1. The fraction of sp³-hybridized carbons (Fsp3) is 0.300. The summed E-state index contributed by atoms with van der Waals surface area (Å²) in [5, 5.41) is 22.1. The van der Waals surface area contributed by atoms with Crippen molar-refractivity contribution < 1.29 is 19.1 Å². The highest BCUT2D eigenvalue weighted by Crippen LogP contribution is 2.47. The molecule has 0 bridgehead atoms. The molecule has 0 saturated heterocycles. The summed E-state index contributed by atoms with van der Waals surface area (Å²) in [6.45, 7) is 0.468. The highest BCUT2D eigenvalue weighted by Gasteiger charge is 2.41. The van der Waals surface area contributed by atoms with Crippen molar-refractivity contribution in [2.45, 2.75) is 35.9 Å². The highest BCUT2D eigenvalue weighted by molar-refractivity contribution is 8.01. The van der Waals surface area contributed by atoms with Gasteiger partial charge in [0.2, 0.25) is 11.0 Å². The number of nitriles is 1. The van der Waals surface area contributed by atoms with Crippen LogP contribution in [0.3, 0.4) is 0 Å². The summed E-state index contributed by atoms with van der Waals surface area (Å²) in [5.41, 5.74) is 10.1.